The van der Waals surface area contributed by atoms with E-state index in [0.717, 1.165) is 6.20 Å². The Morgan fingerprint density at radius 1 is 1.35 bits per heavy atom. The molecule has 0 spiro atoms. The molecule has 0 aliphatic carbocycles. The summed E-state index contributed by atoms with van der Waals surface area (Å²) in [7, 11) is 3.15. The van der Waals surface area contributed by atoms with Crippen LogP contribution < -0.4 is 0 Å². The number of hydrazone groups is 1. The Bertz CT molecular complexity index is 756. The smallest absolute Gasteiger partial charge is 0.340 e. The molecule has 0 radical (unpaired) electrons. The largest absolute Gasteiger partial charge is 0.434 e. The van der Waals surface area contributed by atoms with E-state index in [2.05, 4.69) is 10.1 Å². The van der Waals surface area contributed by atoms with Gasteiger partial charge in [-0.25, -0.2) is 9.99 Å². The van der Waals surface area contributed by atoms with E-state index in [1.807, 2.05) is 0 Å². The predicted molar refractivity (Wildman–Crippen MR) is 86.1 cm³/mol. The highest BCUT2D eigenvalue weighted by Gasteiger charge is 2.36. The summed E-state index contributed by atoms with van der Waals surface area (Å²) in [4.78, 5) is 29.1. The van der Waals surface area contributed by atoms with Crippen molar-refractivity contribution in [3.05, 3.63) is 17.7 Å². The van der Waals surface area contributed by atoms with E-state index >= 15 is 0 Å². The fourth-order valence-electron chi connectivity index (χ4n) is 3.31. The van der Waals surface area contributed by atoms with E-state index in [0.29, 0.717) is 43.9 Å². The Morgan fingerprint density at radius 2 is 2.08 bits per heavy atom. The van der Waals surface area contributed by atoms with Crippen LogP contribution in [-0.4, -0.2) is 57.6 Å². The second-order valence-electron chi connectivity index (χ2n) is 6.75. The molecule has 1 aromatic heterocycles. The molecule has 1 atom stereocenters. The Morgan fingerprint density at radius 3 is 2.73 bits per heavy atom. The molecule has 0 fully saturated rings. The van der Waals surface area contributed by atoms with Gasteiger partial charge in [0.1, 0.15) is 11.5 Å². The molecule has 0 saturated carbocycles. The summed E-state index contributed by atoms with van der Waals surface area (Å²) in [5, 5.41) is 5.18. The van der Waals surface area contributed by atoms with Crippen molar-refractivity contribution in [3.63, 3.8) is 0 Å². The lowest BCUT2D eigenvalue weighted by Crippen LogP contribution is -2.41. The van der Waals surface area contributed by atoms with Crippen LogP contribution in [0.25, 0.3) is 0 Å². The molecular formula is C16H20F3N5O2. The highest BCUT2D eigenvalue weighted by molar-refractivity contribution is 6.39. The van der Waals surface area contributed by atoms with E-state index in [1.54, 1.807) is 7.05 Å². The zero-order valence-electron chi connectivity index (χ0n) is 14.6. The van der Waals surface area contributed by atoms with Gasteiger partial charge in [-0.3, -0.25) is 9.59 Å². The summed E-state index contributed by atoms with van der Waals surface area (Å²) < 4.78 is 39.9. The van der Waals surface area contributed by atoms with E-state index in [-0.39, 0.29) is 24.2 Å². The van der Waals surface area contributed by atoms with Crippen LogP contribution in [0.2, 0.25) is 0 Å². The van der Waals surface area contributed by atoms with Crippen LogP contribution in [0.5, 0.6) is 0 Å². The second-order valence-corrected chi connectivity index (χ2v) is 6.75. The lowest BCUT2D eigenvalue weighted by molar-refractivity contribution is -0.141. The fraction of sp³-hybridized carbons (Fsp3) is 0.625. The van der Waals surface area contributed by atoms with Gasteiger partial charge in [0.05, 0.1) is 0 Å². The third-order valence-corrected chi connectivity index (χ3v) is 4.71. The number of alkyl halides is 3. The molecule has 2 aliphatic heterocycles. The van der Waals surface area contributed by atoms with E-state index < -0.39 is 11.9 Å². The molecule has 2 amide bonds. The topological polar surface area (TPSA) is 70.8 Å². The Kier molecular flexibility index (Phi) is 4.76. The molecule has 3 rings (SSSR count). The first-order chi connectivity index (χ1) is 12.1. The molecule has 1 aromatic rings. The first-order valence-corrected chi connectivity index (χ1v) is 8.38. The lowest BCUT2D eigenvalue weighted by atomic mass is 9.98. The van der Waals surface area contributed by atoms with Gasteiger partial charge in [0, 0.05) is 52.6 Å². The zero-order valence-corrected chi connectivity index (χ0v) is 14.6. The fourth-order valence-corrected chi connectivity index (χ4v) is 3.31. The van der Waals surface area contributed by atoms with Crippen LogP contribution in [0.3, 0.4) is 0 Å². The maximum Gasteiger partial charge on any atom is 0.434 e. The average Bonchev–Trinajstić information content (AvgIpc) is 3.00. The quantitative estimate of drug-likeness (QED) is 0.809. The van der Waals surface area contributed by atoms with Crippen LogP contribution in [0.4, 0.5) is 13.2 Å². The van der Waals surface area contributed by atoms with Gasteiger partial charge in [0.15, 0.2) is 5.69 Å². The molecule has 0 aromatic carbocycles. The molecule has 7 nitrogen and oxygen atoms in total. The van der Waals surface area contributed by atoms with Crippen molar-refractivity contribution < 1.29 is 22.8 Å². The normalized spacial score (nSPS) is 20.7. The molecule has 0 bridgehead atoms. The minimum absolute atomic E-state index is 0.0373. The molecule has 0 unspecified atom stereocenters. The van der Waals surface area contributed by atoms with Crippen molar-refractivity contribution in [2.24, 2.45) is 11.0 Å². The number of nitrogens with zero attached hydrogens (tertiary/aromatic N) is 5. The molecule has 26 heavy (non-hydrogen) atoms. The molecule has 3 heterocycles. The van der Waals surface area contributed by atoms with Gasteiger partial charge in [-0.1, -0.05) is 0 Å². The van der Waals surface area contributed by atoms with Gasteiger partial charge in [-0.15, -0.1) is 0 Å². The van der Waals surface area contributed by atoms with Crippen molar-refractivity contribution in [3.8, 4) is 0 Å². The molecule has 2 aliphatic rings. The SMILES string of the molecule is CN(C[C@@H]1CCc2nc(C(F)(F)F)cn2C1)C(=O)C1=NN(C)C(=O)CC1. The first-order valence-electron chi connectivity index (χ1n) is 8.38. The standard InChI is InChI=1S/C16H20F3N5O2/c1-22(15(26)11-4-6-14(25)23(2)21-11)7-10-3-5-13-20-12(16(17,18)19)9-24(13)8-10/h9-10H,3-8H2,1-2H3/t10-/m0/s1. The number of hydrogen-bond acceptors (Lipinski definition) is 4. The monoisotopic (exact) mass is 371 g/mol. The van der Waals surface area contributed by atoms with Gasteiger partial charge in [-0.05, 0) is 12.3 Å². The van der Waals surface area contributed by atoms with Gasteiger partial charge in [-0.2, -0.15) is 18.3 Å². The van der Waals surface area contributed by atoms with E-state index in [4.69, 9.17) is 0 Å². The Labute approximate surface area is 148 Å². The van der Waals surface area contributed by atoms with Gasteiger partial charge in [0.25, 0.3) is 5.91 Å². The highest BCUT2D eigenvalue weighted by atomic mass is 19.4. The lowest BCUT2D eigenvalue weighted by Gasteiger charge is -2.29. The minimum atomic E-state index is -4.45. The third-order valence-electron chi connectivity index (χ3n) is 4.71. The summed E-state index contributed by atoms with van der Waals surface area (Å²) in [6.07, 6.45) is -1.75. The number of carbonyl (C=O) groups excluding carboxylic acids is 2. The van der Waals surface area contributed by atoms with Crippen LogP contribution in [0.1, 0.15) is 30.8 Å². The Balaban J connectivity index is 1.63. The number of aryl methyl sites for hydroxylation is 1. The molecule has 0 saturated heterocycles. The number of halogens is 3. The number of aromatic nitrogens is 2. The van der Waals surface area contributed by atoms with Crippen molar-refractivity contribution in [1.29, 1.82) is 0 Å². The number of imidazole rings is 1. The maximum atomic E-state index is 12.8. The van der Waals surface area contributed by atoms with E-state index in [9.17, 15) is 22.8 Å². The number of carbonyl (C=O) groups is 2. The number of fused-ring (bicyclic) bond motifs is 1. The minimum Gasteiger partial charge on any atom is -0.340 e. The summed E-state index contributed by atoms with van der Waals surface area (Å²) in [5.74, 6) is 0.0796. The molecule has 142 valence electrons. The summed E-state index contributed by atoms with van der Waals surface area (Å²) >= 11 is 0. The summed E-state index contributed by atoms with van der Waals surface area (Å²) in [6.45, 7) is 0.801. The van der Waals surface area contributed by atoms with Crippen LogP contribution in [-0.2, 0) is 28.7 Å². The van der Waals surface area contributed by atoms with Crippen LogP contribution >= 0.6 is 0 Å². The van der Waals surface area contributed by atoms with Gasteiger partial charge < -0.3 is 9.47 Å². The number of amides is 2. The molecule has 0 N–H and O–H groups in total. The van der Waals surface area contributed by atoms with Crippen molar-refractivity contribution in [2.75, 3.05) is 20.6 Å². The summed E-state index contributed by atoms with van der Waals surface area (Å²) in [6, 6.07) is 0. The van der Waals surface area contributed by atoms with Crippen LogP contribution in [0.15, 0.2) is 11.3 Å². The Hall–Kier alpha value is -2.39. The summed E-state index contributed by atoms with van der Waals surface area (Å²) in [5.41, 5.74) is -0.546. The second kappa shape index (κ2) is 6.73. The zero-order chi connectivity index (χ0) is 19.1. The first kappa shape index (κ1) is 18.4. The third kappa shape index (κ3) is 3.73. The molecular weight excluding hydrogens is 351 g/mol. The van der Waals surface area contributed by atoms with Crippen molar-refractivity contribution in [2.45, 2.75) is 38.4 Å². The maximum absolute atomic E-state index is 12.8. The van der Waals surface area contributed by atoms with Crippen molar-refractivity contribution in [1.82, 2.24) is 19.5 Å². The number of rotatable bonds is 3. The van der Waals surface area contributed by atoms with E-state index in [1.165, 1.54) is 21.5 Å². The van der Waals surface area contributed by atoms with Gasteiger partial charge in [0.2, 0.25) is 5.91 Å². The van der Waals surface area contributed by atoms with Crippen molar-refractivity contribution >= 4 is 17.5 Å². The molecule has 10 heteroatoms. The average molecular weight is 371 g/mol. The predicted octanol–water partition coefficient (Wildman–Crippen LogP) is 1.53. The number of hydrogen-bond donors (Lipinski definition) is 0. The van der Waals surface area contributed by atoms with Crippen LogP contribution in [0, 0.1) is 5.92 Å². The highest BCUT2D eigenvalue weighted by Crippen LogP contribution is 2.30. The van der Waals surface area contributed by atoms with Gasteiger partial charge >= 0.3 is 6.18 Å².